The van der Waals surface area contributed by atoms with E-state index in [0.717, 1.165) is 12.2 Å². The van der Waals surface area contributed by atoms with Gasteiger partial charge in [-0.05, 0) is 43.0 Å². The molecule has 0 bridgehead atoms. The molecule has 1 saturated heterocycles. The van der Waals surface area contributed by atoms with Gasteiger partial charge in [-0.25, -0.2) is 0 Å². The molecule has 0 amide bonds. The van der Waals surface area contributed by atoms with Gasteiger partial charge >= 0.3 is 0 Å². The number of nitrogens with two attached hydrogens (primary N) is 1. The van der Waals surface area contributed by atoms with Gasteiger partial charge in [-0.2, -0.15) is 0 Å². The van der Waals surface area contributed by atoms with E-state index in [1.165, 1.54) is 24.9 Å². The van der Waals surface area contributed by atoms with Gasteiger partial charge in [0.25, 0.3) is 0 Å². The van der Waals surface area contributed by atoms with Gasteiger partial charge < -0.3 is 11.1 Å². The molecule has 1 unspecified atom stereocenters. The maximum absolute atomic E-state index is 5.64. The SMILES string of the molecule is Cl.Nc1ccc(C2CCCNC2)cc1. The predicted molar refractivity (Wildman–Crippen MR) is 62.9 cm³/mol. The Morgan fingerprint density at radius 1 is 1.21 bits per heavy atom. The van der Waals surface area contributed by atoms with Crippen molar-refractivity contribution in [2.24, 2.45) is 0 Å². The number of rotatable bonds is 1. The van der Waals surface area contributed by atoms with E-state index in [4.69, 9.17) is 5.73 Å². The van der Waals surface area contributed by atoms with Gasteiger partial charge in [0, 0.05) is 12.2 Å². The van der Waals surface area contributed by atoms with Crippen molar-refractivity contribution in [1.82, 2.24) is 5.32 Å². The van der Waals surface area contributed by atoms with Gasteiger partial charge in [0.15, 0.2) is 0 Å². The van der Waals surface area contributed by atoms with E-state index in [9.17, 15) is 0 Å². The van der Waals surface area contributed by atoms with E-state index < -0.39 is 0 Å². The quantitative estimate of drug-likeness (QED) is 0.701. The fourth-order valence-electron chi connectivity index (χ4n) is 1.90. The molecule has 1 heterocycles. The standard InChI is InChI=1S/C11H16N2.ClH/c12-11-5-3-9(4-6-11)10-2-1-7-13-8-10;/h3-6,10,13H,1-2,7-8,12H2;1H. The van der Waals surface area contributed by atoms with Crippen LogP contribution in [0.3, 0.4) is 0 Å². The number of nitrogen functional groups attached to an aromatic ring is 1. The molecule has 1 aliphatic heterocycles. The Morgan fingerprint density at radius 2 is 1.93 bits per heavy atom. The van der Waals surface area contributed by atoms with Gasteiger partial charge in [0.1, 0.15) is 0 Å². The minimum atomic E-state index is 0. The highest BCUT2D eigenvalue weighted by Crippen LogP contribution is 2.23. The summed E-state index contributed by atoms with van der Waals surface area (Å²) >= 11 is 0. The van der Waals surface area contributed by atoms with Gasteiger partial charge in [-0.1, -0.05) is 12.1 Å². The maximum Gasteiger partial charge on any atom is 0.0314 e. The van der Waals surface area contributed by atoms with Crippen LogP contribution in [0.25, 0.3) is 0 Å². The molecule has 3 heteroatoms. The van der Waals surface area contributed by atoms with Crippen molar-refractivity contribution in [3.8, 4) is 0 Å². The summed E-state index contributed by atoms with van der Waals surface area (Å²) in [5.74, 6) is 0.689. The van der Waals surface area contributed by atoms with Crippen LogP contribution in [0.5, 0.6) is 0 Å². The second kappa shape index (κ2) is 5.23. The van der Waals surface area contributed by atoms with Crippen molar-refractivity contribution in [3.63, 3.8) is 0 Å². The first-order valence-corrected chi connectivity index (χ1v) is 4.92. The molecule has 0 saturated carbocycles. The summed E-state index contributed by atoms with van der Waals surface area (Å²) in [5.41, 5.74) is 7.91. The summed E-state index contributed by atoms with van der Waals surface area (Å²) in [6.45, 7) is 2.29. The lowest BCUT2D eigenvalue weighted by molar-refractivity contribution is 0.461. The topological polar surface area (TPSA) is 38.0 Å². The molecule has 1 atom stereocenters. The molecule has 1 aliphatic rings. The highest BCUT2D eigenvalue weighted by atomic mass is 35.5. The Kier molecular flexibility index (Phi) is 4.23. The van der Waals surface area contributed by atoms with E-state index in [2.05, 4.69) is 17.4 Å². The van der Waals surface area contributed by atoms with Crippen LogP contribution < -0.4 is 11.1 Å². The van der Waals surface area contributed by atoms with Crippen LogP contribution in [0.2, 0.25) is 0 Å². The Balaban J connectivity index is 0.000000980. The van der Waals surface area contributed by atoms with Crippen molar-refractivity contribution in [2.75, 3.05) is 18.8 Å². The fourth-order valence-corrected chi connectivity index (χ4v) is 1.90. The Hall–Kier alpha value is -0.730. The van der Waals surface area contributed by atoms with Crippen molar-refractivity contribution >= 4 is 18.1 Å². The molecule has 78 valence electrons. The molecular weight excluding hydrogens is 196 g/mol. The second-order valence-electron chi connectivity index (χ2n) is 3.71. The third kappa shape index (κ3) is 2.63. The van der Waals surface area contributed by atoms with E-state index >= 15 is 0 Å². The van der Waals surface area contributed by atoms with Crippen LogP contribution >= 0.6 is 12.4 Å². The molecule has 0 radical (unpaired) electrons. The first-order valence-electron chi connectivity index (χ1n) is 4.92. The smallest absolute Gasteiger partial charge is 0.0314 e. The monoisotopic (exact) mass is 212 g/mol. The van der Waals surface area contributed by atoms with Crippen molar-refractivity contribution in [1.29, 1.82) is 0 Å². The fraction of sp³-hybridized carbons (Fsp3) is 0.455. The molecule has 14 heavy (non-hydrogen) atoms. The third-order valence-electron chi connectivity index (χ3n) is 2.70. The van der Waals surface area contributed by atoms with Gasteiger partial charge in [-0.3, -0.25) is 0 Å². The average molecular weight is 213 g/mol. The average Bonchev–Trinajstić information content (AvgIpc) is 2.20. The lowest BCUT2D eigenvalue weighted by Gasteiger charge is -2.23. The first-order chi connectivity index (χ1) is 6.36. The Morgan fingerprint density at radius 3 is 2.50 bits per heavy atom. The molecule has 0 spiro atoms. The van der Waals surface area contributed by atoms with E-state index in [1.807, 2.05) is 12.1 Å². The minimum absolute atomic E-state index is 0. The number of piperidine rings is 1. The summed E-state index contributed by atoms with van der Waals surface area (Å²) < 4.78 is 0. The van der Waals surface area contributed by atoms with Crippen LogP contribution in [0.15, 0.2) is 24.3 Å². The number of anilines is 1. The molecule has 2 nitrogen and oxygen atoms in total. The zero-order valence-corrected chi connectivity index (χ0v) is 9.02. The number of halogens is 1. The van der Waals surface area contributed by atoms with Crippen molar-refractivity contribution in [2.45, 2.75) is 18.8 Å². The lowest BCUT2D eigenvalue weighted by atomic mass is 9.92. The summed E-state index contributed by atoms with van der Waals surface area (Å²) in [6.07, 6.45) is 2.59. The molecule has 1 aromatic carbocycles. The number of nitrogens with one attached hydrogen (secondary N) is 1. The van der Waals surface area contributed by atoms with Crippen LogP contribution in [-0.4, -0.2) is 13.1 Å². The molecule has 2 rings (SSSR count). The normalized spacial score (nSPS) is 21.3. The van der Waals surface area contributed by atoms with E-state index in [1.54, 1.807) is 0 Å². The summed E-state index contributed by atoms with van der Waals surface area (Å²) in [5, 5.41) is 3.42. The van der Waals surface area contributed by atoms with Crippen molar-refractivity contribution < 1.29 is 0 Å². The van der Waals surface area contributed by atoms with Crippen molar-refractivity contribution in [3.05, 3.63) is 29.8 Å². The Labute approximate surface area is 91.3 Å². The number of hydrogen-bond acceptors (Lipinski definition) is 2. The highest BCUT2D eigenvalue weighted by Gasteiger charge is 2.14. The van der Waals surface area contributed by atoms with Gasteiger partial charge in [-0.15, -0.1) is 12.4 Å². The largest absolute Gasteiger partial charge is 0.399 e. The summed E-state index contributed by atoms with van der Waals surface area (Å²) in [4.78, 5) is 0. The van der Waals surface area contributed by atoms with Crippen LogP contribution in [0.1, 0.15) is 24.3 Å². The first kappa shape index (κ1) is 11.3. The van der Waals surface area contributed by atoms with Crippen LogP contribution in [0.4, 0.5) is 5.69 Å². The molecule has 1 aromatic rings. The molecule has 3 N–H and O–H groups in total. The van der Waals surface area contributed by atoms with Gasteiger partial charge in [0.2, 0.25) is 0 Å². The maximum atomic E-state index is 5.64. The molecule has 0 aromatic heterocycles. The zero-order valence-electron chi connectivity index (χ0n) is 8.20. The second-order valence-corrected chi connectivity index (χ2v) is 3.71. The minimum Gasteiger partial charge on any atom is -0.399 e. The zero-order chi connectivity index (χ0) is 9.10. The van der Waals surface area contributed by atoms with Crippen LogP contribution in [0, 0.1) is 0 Å². The van der Waals surface area contributed by atoms with E-state index in [0.29, 0.717) is 5.92 Å². The predicted octanol–water partition coefficient (Wildman–Crippen LogP) is 2.16. The van der Waals surface area contributed by atoms with E-state index in [-0.39, 0.29) is 12.4 Å². The summed E-state index contributed by atoms with van der Waals surface area (Å²) in [6, 6.07) is 8.27. The van der Waals surface area contributed by atoms with Gasteiger partial charge in [0.05, 0.1) is 0 Å². The summed E-state index contributed by atoms with van der Waals surface area (Å²) in [7, 11) is 0. The third-order valence-corrected chi connectivity index (χ3v) is 2.70. The molecule has 1 fully saturated rings. The number of hydrogen-bond donors (Lipinski definition) is 2. The van der Waals surface area contributed by atoms with Crippen LogP contribution in [-0.2, 0) is 0 Å². The lowest BCUT2D eigenvalue weighted by Crippen LogP contribution is -2.28. The Bertz CT molecular complexity index is 265. The molecular formula is C11H17ClN2. The highest BCUT2D eigenvalue weighted by molar-refractivity contribution is 5.85. The number of benzene rings is 1. The molecule has 0 aliphatic carbocycles.